The predicted octanol–water partition coefficient (Wildman–Crippen LogP) is 3.80. The number of alkyl halides is 1. The van der Waals surface area contributed by atoms with E-state index >= 15 is 0 Å². The largest absolute Gasteiger partial charge is 0.464 e. The third kappa shape index (κ3) is 10.3. The quantitative estimate of drug-likeness (QED) is 0.315. The molecule has 24 heavy (non-hydrogen) atoms. The Morgan fingerprint density at radius 1 is 1.08 bits per heavy atom. The van der Waals surface area contributed by atoms with Crippen molar-refractivity contribution in [1.82, 2.24) is 4.90 Å². The zero-order valence-corrected chi connectivity index (χ0v) is 18.1. The van der Waals surface area contributed by atoms with Gasteiger partial charge in [0.05, 0.1) is 18.8 Å². The Hall–Kier alpha value is -0.570. The first-order valence-corrected chi connectivity index (χ1v) is 9.80. The van der Waals surface area contributed by atoms with Gasteiger partial charge < -0.3 is 14.2 Å². The van der Waals surface area contributed by atoms with Gasteiger partial charge in [-0.15, -0.1) is 0 Å². The number of halogens is 1. The topological polar surface area (TPSA) is 65.1 Å². The average molecular weight is 457 g/mol. The highest BCUT2D eigenvalue weighted by molar-refractivity contribution is 14.1. The summed E-state index contributed by atoms with van der Waals surface area (Å²) in [5.41, 5.74) is -1.06. The normalized spacial score (nSPS) is 13.3. The molecule has 0 spiro atoms. The summed E-state index contributed by atoms with van der Waals surface area (Å²) in [4.78, 5) is 26.4. The molecule has 0 aromatic rings. The van der Waals surface area contributed by atoms with E-state index < -0.39 is 29.3 Å². The molecule has 1 atom stereocenters. The molecule has 0 heterocycles. The van der Waals surface area contributed by atoms with Crippen LogP contribution in [0.3, 0.4) is 0 Å². The number of carbonyl (C=O) groups excluding carboxylic acids is 2. The van der Waals surface area contributed by atoms with Crippen LogP contribution in [0, 0.1) is 0 Å². The van der Waals surface area contributed by atoms with Gasteiger partial charge in [-0.25, -0.2) is 9.59 Å². The fourth-order valence-electron chi connectivity index (χ4n) is 1.78. The second-order valence-electron chi connectivity index (χ2n) is 7.41. The van der Waals surface area contributed by atoms with Crippen LogP contribution in [0.4, 0.5) is 4.79 Å². The van der Waals surface area contributed by atoms with Gasteiger partial charge >= 0.3 is 12.1 Å². The van der Waals surface area contributed by atoms with Crippen LogP contribution in [-0.2, 0) is 19.0 Å². The molecule has 0 fully saturated rings. The van der Waals surface area contributed by atoms with Gasteiger partial charge in [0.15, 0.2) is 6.04 Å². The lowest BCUT2D eigenvalue weighted by Crippen LogP contribution is -2.51. The zero-order chi connectivity index (χ0) is 19.0. The van der Waals surface area contributed by atoms with E-state index in [9.17, 15) is 9.59 Å². The SMILES string of the molecule is CCOC(=O)[C@H](COC(C)(C)C)N(CCCI)C(=O)OC(C)(C)C. The van der Waals surface area contributed by atoms with E-state index in [1.807, 2.05) is 20.8 Å². The minimum absolute atomic E-state index is 0.0722. The number of esters is 1. The van der Waals surface area contributed by atoms with Crippen molar-refractivity contribution < 1.29 is 23.8 Å². The first-order chi connectivity index (χ1) is 10.9. The number of carbonyl (C=O) groups is 2. The van der Waals surface area contributed by atoms with Crippen molar-refractivity contribution in [3.05, 3.63) is 0 Å². The maximum Gasteiger partial charge on any atom is 0.411 e. The van der Waals surface area contributed by atoms with Crippen LogP contribution in [0.2, 0.25) is 0 Å². The molecule has 0 unspecified atom stereocenters. The number of hydrogen-bond donors (Lipinski definition) is 0. The monoisotopic (exact) mass is 457 g/mol. The third-order valence-corrected chi connectivity index (χ3v) is 3.53. The van der Waals surface area contributed by atoms with E-state index in [0.29, 0.717) is 6.54 Å². The van der Waals surface area contributed by atoms with Crippen LogP contribution < -0.4 is 0 Å². The van der Waals surface area contributed by atoms with E-state index in [2.05, 4.69) is 22.6 Å². The maximum atomic E-state index is 12.6. The molecule has 0 aromatic heterocycles. The lowest BCUT2D eigenvalue weighted by Gasteiger charge is -2.33. The molecule has 0 rings (SSSR count). The van der Waals surface area contributed by atoms with Crippen molar-refractivity contribution in [2.24, 2.45) is 0 Å². The highest BCUT2D eigenvalue weighted by Gasteiger charge is 2.34. The molecule has 142 valence electrons. The molecular weight excluding hydrogens is 425 g/mol. The second-order valence-corrected chi connectivity index (χ2v) is 8.49. The van der Waals surface area contributed by atoms with Gasteiger partial charge in [0.2, 0.25) is 0 Å². The van der Waals surface area contributed by atoms with Gasteiger partial charge in [-0.05, 0) is 54.9 Å². The Morgan fingerprint density at radius 2 is 1.67 bits per heavy atom. The van der Waals surface area contributed by atoms with E-state index in [-0.39, 0.29) is 13.2 Å². The molecule has 0 aliphatic heterocycles. The Kier molecular flexibility index (Phi) is 10.2. The molecule has 0 N–H and O–H groups in total. The van der Waals surface area contributed by atoms with Gasteiger partial charge in [0.1, 0.15) is 5.60 Å². The number of ether oxygens (including phenoxy) is 3. The van der Waals surface area contributed by atoms with Crippen molar-refractivity contribution >= 4 is 34.7 Å². The van der Waals surface area contributed by atoms with Crippen molar-refractivity contribution in [3.63, 3.8) is 0 Å². The van der Waals surface area contributed by atoms with E-state index in [1.165, 1.54) is 4.90 Å². The average Bonchev–Trinajstić information content (AvgIpc) is 2.39. The first-order valence-electron chi connectivity index (χ1n) is 8.27. The molecule has 0 saturated heterocycles. The number of amides is 1. The Labute approximate surface area is 159 Å². The lowest BCUT2D eigenvalue weighted by molar-refractivity contribution is -0.154. The Bertz CT molecular complexity index is 401. The minimum atomic E-state index is -0.818. The molecule has 0 aliphatic carbocycles. The first kappa shape index (κ1) is 23.4. The third-order valence-electron chi connectivity index (χ3n) is 2.77. The smallest absolute Gasteiger partial charge is 0.411 e. The number of rotatable bonds is 8. The van der Waals surface area contributed by atoms with Crippen molar-refractivity contribution in [2.75, 3.05) is 24.2 Å². The Morgan fingerprint density at radius 3 is 2.08 bits per heavy atom. The molecule has 0 bridgehead atoms. The summed E-state index contributed by atoms with van der Waals surface area (Å²) >= 11 is 2.24. The van der Waals surface area contributed by atoms with Crippen LogP contribution in [0.25, 0.3) is 0 Å². The summed E-state index contributed by atoms with van der Waals surface area (Å²) in [6.07, 6.45) is 0.230. The standard InChI is InChI=1S/C17H32INO5/c1-8-22-14(20)13(12-23-16(2,3)4)19(11-9-10-18)15(21)24-17(5,6)7/h13H,8-12H2,1-7H3/t13-/m0/s1. The number of nitrogens with zero attached hydrogens (tertiary/aromatic N) is 1. The van der Waals surface area contributed by atoms with Gasteiger partial charge in [-0.2, -0.15) is 0 Å². The van der Waals surface area contributed by atoms with Crippen LogP contribution in [0.15, 0.2) is 0 Å². The van der Waals surface area contributed by atoms with Crippen molar-refractivity contribution in [1.29, 1.82) is 0 Å². The molecular formula is C17H32INO5. The molecule has 0 aliphatic rings. The molecule has 0 saturated carbocycles. The van der Waals surface area contributed by atoms with Gasteiger partial charge in [0.25, 0.3) is 0 Å². The van der Waals surface area contributed by atoms with E-state index in [0.717, 1.165) is 10.8 Å². The molecule has 0 aromatic carbocycles. The maximum absolute atomic E-state index is 12.6. The van der Waals surface area contributed by atoms with Crippen LogP contribution in [0.1, 0.15) is 54.9 Å². The summed E-state index contributed by atoms with van der Waals surface area (Å²) in [5.74, 6) is -0.471. The minimum Gasteiger partial charge on any atom is -0.464 e. The summed E-state index contributed by atoms with van der Waals surface area (Å²) in [6.45, 7) is 13.6. The van der Waals surface area contributed by atoms with Gasteiger partial charge in [-0.3, -0.25) is 4.90 Å². The fourth-order valence-corrected chi connectivity index (χ4v) is 2.12. The summed E-state index contributed by atoms with van der Waals surface area (Å²) < 4.78 is 17.2. The lowest BCUT2D eigenvalue weighted by atomic mass is 10.2. The summed E-state index contributed by atoms with van der Waals surface area (Å²) in [6, 6.07) is -0.818. The molecule has 7 heteroatoms. The summed E-state index contributed by atoms with van der Waals surface area (Å²) in [7, 11) is 0. The van der Waals surface area contributed by atoms with Gasteiger partial charge in [-0.1, -0.05) is 22.6 Å². The molecule has 6 nitrogen and oxygen atoms in total. The predicted molar refractivity (Wildman–Crippen MR) is 103 cm³/mol. The van der Waals surface area contributed by atoms with E-state index in [4.69, 9.17) is 14.2 Å². The van der Waals surface area contributed by atoms with Crippen molar-refractivity contribution in [3.8, 4) is 0 Å². The Balaban J connectivity index is 5.36. The highest BCUT2D eigenvalue weighted by Crippen LogP contribution is 2.16. The number of hydrogen-bond acceptors (Lipinski definition) is 5. The van der Waals surface area contributed by atoms with Crippen LogP contribution in [-0.4, -0.2) is 58.4 Å². The second kappa shape index (κ2) is 10.4. The van der Waals surface area contributed by atoms with Crippen LogP contribution >= 0.6 is 22.6 Å². The summed E-state index contributed by atoms with van der Waals surface area (Å²) in [5, 5.41) is 0. The molecule has 0 radical (unpaired) electrons. The van der Waals surface area contributed by atoms with Crippen LogP contribution in [0.5, 0.6) is 0 Å². The fraction of sp³-hybridized carbons (Fsp3) is 0.882. The van der Waals surface area contributed by atoms with Gasteiger partial charge in [0, 0.05) is 11.0 Å². The van der Waals surface area contributed by atoms with Crippen molar-refractivity contribution in [2.45, 2.75) is 72.1 Å². The molecule has 1 amide bonds. The zero-order valence-electron chi connectivity index (χ0n) is 16.0. The van der Waals surface area contributed by atoms with E-state index in [1.54, 1.807) is 27.7 Å². The highest BCUT2D eigenvalue weighted by atomic mass is 127.